The van der Waals surface area contributed by atoms with E-state index in [1.54, 1.807) is 6.26 Å². The molecule has 2 aromatic heterocycles. The Morgan fingerprint density at radius 3 is 2.50 bits per heavy atom. The molecule has 8 nitrogen and oxygen atoms in total. The zero-order valence-electron chi connectivity index (χ0n) is 22.8. The van der Waals surface area contributed by atoms with Gasteiger partial charge in [0.2, 0.25) is 0 Å². The standard InChI is InChI=1S/C32H35N3O5/c1-20(21-5-6-21)39-32(36)33-23-9-7-22(8-10-23)31-30(28-15-18-38-34-28)27-12-11-26(40-25-13-16-37-17-14-25)19-29(27)35(31)24-3-2-4-24/h7-12,15,18-21,24-25H,2-6,13-14,16-17H2,1H3,(H,33,36). The fraction of sp³-hybridized carbons (Fsp3) is 0.438. The molecule has 1 amide bonds. The molecule has 1 unspecified atom stereocenters. The first kappa shape index (κ1) is 25.2. The van der Waals surface area contributed by atoms with Crippen LogP contribution in [0.1, 0.15) is 57.9 Å². The smallest absolute Gasteiger partial charge is 0.411 e. The molecule has 7 rings (SSSR count). The number of amides is 1. The van der Waals surface area contributed by atoms with Crippen molar-refractivity contribution in [1.82, 2.24) is 9.72 Å². The second-order valence-corrected chi connectivity index (χ2v) is 11.3. The largest absolute Gasteiger partial charge is 0.490 e. The third kappa shape index (κ3) is 4.96. The van der Waals surface area contributed by atoms with Crippen LogP contribution in [0.25, 0.3) is 33.4 Å². The molecule has 1 saturated heterocycles. The van der Waals surface area contributed by atoms with Crippen molar-refractivity contribution in [2.75, 3.05) is 18.5 Å². The molecule has 2 saturated carbocycles. The van der Waals surface area contributed by atoms with Crippen LogP contribution in [0, 0.1) is 5.92 Å². The van der Waals surface area contributed by atoms with Gasteiger partial charge in [-0.15, -0.1) is 0 Å². The normalized spacial score (nSPS) is 18.8. The van der Waals surface area contributed by atoms with E-state index in [1.807, 2.05) is 25.1 Å². The number of hydrogen-bond acceptors (Lipinski definition) is 6. The predicted octanol–water partition coefficient (Wildman–Crippen LogP) is 7.59. The maximum atomic E-state index is 12.4. The SMILES string of the molecule is CC(OC(=O)Nc1ccc(-c2c(-c3ccon3)c3ccc(OC4CCOCC4)cc3n2C2CCC2)cc1)C1CC1. The molecule has 1 atom stereocenters. The molecule has 0 radical (unpaired) electrons. The number of nitrogens with zero attached hydrogens (tertiary/aromatic N) is 2. The fourth-order valence-electron chi connectivity index (χ4n) is 5.95. The van der Waals surface area contributed by atoms with Crippen LogP contribution in [0.4, 0.5) is 10.5 Å². The van der Waals surface area contributed by atoms with E-state index in [4.69, 9.17) is 18.7 Å². The Bertz CT molecular complexity index is 1480. The zero-order chi connectivity index (χ0) is 27.1. The topological polar surface area (TPSA) is 87.8 Å². The monoisotopic (exact) mass is 541 g/mol. The number of benzene rings is 2. The summed E-state index contributed by atoms with van der Waals surface area (Å²) < 4.78 is 25.2. The molecule has 8 heteroatoms. The summed E-state index contributed by atoms with van der Waals surface area (Å²) in [6, 6.07) is 16.7. The molecule has 3 aliphatic rings. The van der Waals surface area contributed by atoms with E-state index in [0.717, 1.165) is 90.9 Å². The average molecular weight is 542 g/mol. The number of ether oxygens (including phenoxy) is 3. The quantitative estimate of drug-likeness (QED) is 0.247. The van der Waals surface area contributed by atoms with Gasteiger partial charge in [-0.1, -0.05) is 17.3 Å². The highest BCUT2D eigenvalue weighted by molar-refractivity contribution is 6.04. The van der Waals surface area contributed by atoms with Gasteiger partial charge in [-0.25, -0.2) is 4.79 Å². The maximum Gasteiger partial charge on any atom is 0.411 e. The van der Waals surface area contributed by atoms with Crippen molar-refractivity contribution in [1.29, 1.82) is 0 Å². The Morgan fingerprint density at radius 1 is 1.02 bits per heavy atom. The van der Waals surface area contributed by atoms with E-state index in [-0.39, 0.29) is 12.2 Å². The lowest BCUT2D eigenvalue weighted by Crippen LogP contribution is -2.25. The maximum absolute atomic E-state index is 12.4. The molecule has 0 bridgehead atoms. The molecule has 2 aromatic carbocycles. The molecule has 3 fully saturated rings. The van der Waals surface area contributed by atoms with E-state index in [2.05, 4.69) is 45.4 Å². The Labute approximate surface area is 233 Å². The molecule has 3 heterocycles. The highest BCUT2D eigenvalue weighted by atomic mass is 16.6. The van der Waals surface area contributed by atoms with Crippen molar-refractivity contribution in [3.05, 3.63) is 54.8 Å². The van der Waals surface area contributed by atoms with E-state index < -0.39 is 6.09 Å². The minimum atomic E-state index is -0.406. The van der Waals surface area contributed by atoms with E-state index in [1.165, 1.54) is 6.42 Å². The summed E-state index contributed by atoms with van der Waals surface area (Å²) in [6.45, 7) is 3.45. The molecule has 0 spiro atoms. The molecular weight excluding hydrogens is 506 g/mol. The third-order valence-electron chi connectivity index (χ3n) is 8.56. The van der Waals surface area contributed by atoms with Gasteiger partial charge in [-0.05, 0) is 74.8 Å². The van der Waals surface area contributed by atoms with Crippen LogP contribution < -0.4 is 10.1 Å². The number of hydrogen-bond donors (Lipinski definition) is 1. The van der Waals surface area contributed by atoms with Gasteiger partial charge in [0.1, 0.15) is 29.9 Å². The van der Waals surface area contributed by atoms with Crippen LogP contribution in [-0.2, 0) is 9.47 Å². The lowest BCUT2D eigenvalue weighted by Gasteiger charge is -2.30. The number of fused-ring (bicyclic) bond motifs is 1. The first-order valence-corrected chi connectivity index (χ1v) is 14.6. The first-order valence-electron chi connectivity index (χ1n) is 14.6. The Kier molecular flexibility index (Phi) is 6.71. The highest BCUT2D eigenvalue weighted by Crippen LogP contribution is 2.47. The number of nitrogens with one attached hydrogen (secondary N) is 1. The number of rotatable bonds is 8. The predicted molar refractivity (Wildman–Crippen MR) is 153 cm³/mol. The van der Waals surface area contributed by atoms with Gasteiger partial charge >= 0.3 is 6.09 Å². The van der Waals surface area contributed by atoms with E-state index in [0.29, 0.717) is 17.6 Å². The minimum Gasteiger partial charge on any atom is -0.490 e. The third-order valence-corrected chi connectivity index (χ3v) is 8.56. The lowest BCUT2D eigenvalue weighted by atomic mass is 9.92. The molecule has 40 heavy (non-hydrogen) atoms. The second kappa shape index (κ2) is 10.7. The number of carbonyl (C=O) groups is 1. The van der Waals surface area contributed by atoms with Gasteiger partial charge in [-0.2, -0.15) is 0 Å². The Morgan fingerprint density at radius 2 is 1.82 bits per heavy atom. The van der Waals surface area contributed by atoms with E-state index in [9.17, 15) is 4.79 Å². The molecule has 1 aliphatic heterocycles. The summed E-state index contributed by atoms with van der Waals surface area (Å²) >= 11 is 0. The van der Waals surface area contributed by atoms with Crippen molar-refractivity contribution in [3.8, 4) is 28.3 Å². The average Bonchev–Trinajstić information content (AvgIpc) is 3.56. The Hall–Kier alpha value is -3.78. The van der Waals surface area contributed by atoms with E-state index >= 15 is 0 Å². The molecule has 4 aromatic rings. The van der Waals surface area contributed by atoms with Crippen LogP contribution in [0.5, 0.6) is 5.75 Å². The van der Waals surface area contributed by atoms with Crippen LogP contribution in [0.3, 0.4) is 0 Å². The summed E-state index contributed by atoms with van der Waals surface area (Å²) in [5, 5.41) is 8.36. The Balaban J connectivity index is 1.26. The first-order chi connectivity index (χ1) is 19.6. The highest BCUT2D eigenvalue weighted by Gasteiger charge is 2.31. The van der Waals surface area contributed by atoms with Crippen LogP contribution >= 0.6 is 0 Å². The zero-order valence-corrected chi connectivity index (χ0v) is 22.8. The molecular formula is C32H35N3O5. The summed E-state index contributed by atoms with van der Waals surface area (Å²) in [4.78, 5) is 12.4. The summed E-state index contributed by atoms with van der Waals surface area (Å²) in [6.07, 6.45) is 8.89. The van der Waals surface area contributed by atoms with Gasteiger partial charge in [0.05, 0.1) is 24.4 Å². The van der Waals surface area contributed by atoms with Crippen molar-refractivity contribution in [2.45, 2.75) is 70.1 Å². The van der Waals surface area contributed by atoms with Gasteiger partial charge in [0.25, 0.3) is 0 Å². The lowest BCUT2D eigenvalue weighted by molar-refractivity contribution is 0.0256. The fourth-order valence-corrected chi connectivity index (χ4v) is 5.95. The van der Waals surface area contributed by atoms with Gasteiger partial charge in [-0.3, -0.25) is 5.32 Å². The molecule has 2 aliphatic carbocycles. The summed E-state index contributed by atoms with van der Waals surface area (Å²) in [7, 11) is 0. The van der Waals surface area contributed by atoms with Crippen molar-refractivity contribution >= 4 is 22.7 Å². The molecule has 1 N–H and O–H groups in total. The van der Waals surface area contributed by atoms with Gasteiger partial charge in [0.15, 0.2) is 0 Å². The summed E-state index contributed by atoms with van der Waals surface area (Å²) in [5.74, 6) is 1.38. The molecule has 208 valence electrons. The summed E-state index contributed by atoms with van der Waals surface area (Å²) in [5.41, 5.74) is 5.86. The van der Waals surface area contributed by atoms with Gasteiger partial charge in [0, 0.05) is 47.7 Å². The van der Waals surface area contributed by atoms with Crippen LogP contribution in [0.15, 0.2) is 59.3 Å². The minimum absolute atomic E-state index is 0.0530. The van der Waals surface area contributed by atoms with Crippen molar-refractivity contribution in [3.63, 3.8) is 0 Å². The van der Waals surface area contributed by atoms with Crippen molar-refractivity contribution in [2.24, 2.45) is 5.92 Å². The van der Waals surface area contributed by atoms with Gasteiger partial charge < -0.3 is 23.3 Å². The van der Waals surface area contributed by atoms with Crippen LogP contribution in [-0.4, -0.2) is 41.2 Å². The number of anilines is 1. The van der Waals surface area contributed by atoms with Crippen LogP contribution in [0.2, 0.25) is 0 Å². The second-order valence-electron chi connectivity index (χ2n) is 11.3. The number of carbonyl (C=O) groups excluding carboxylic acids is 1. The number of aromatic nitrogens is 2. The van der Waals surface area contributed by atoms with Crippen molar-refractivity contribution < 1.29 is 23.5 Å².